The summed E-state index contributed by atoms with van der Waals surface area (Å²) in [6, 6.07) is 12.0. The van der Waals surface area contributed by atoms with Crippen LogP contribution in [0.1, 0.15) is 11.1 Å². The van der Waals surface area contributed by atoms with Crippen LogP contribution < -0.4 is 5.32 Å². The van der Waals surface area contributed by atoms with Crippen LogP contribution in [0, 0.1) is 12.7 Å². The Morgan fingerprint density at radius 2 is 1.88 bits per heavy atom. The van der Waals surface area contributed by atoms with E-state index in [1.807, 2.05) is 18.2 Å². The molecule has 0 aliphatic carbocycles. The van der Waals surface area contributed by atoms with Crippen LogP contribution >= 0.6 is 0 Å². The summed E-state index contributed by atoms with van der Waals surface area (Å²) in [7, 11) is 0. The van der Waals surface area contributed by atoms with E-state index in [4.69, 9.17) is 0 Å². The van der Waals surface area contributed by atoms with Gasteiger partial charge < -0.3 is 10.4 Å². The maximum Gasteiger partial charge on any atom is 0.128 e. The number of aromatic hydroxyl groups is 1. The number of hydrogen-bond donors (Lipinski definition) is 2. The van der Waals surface area contributed by atoms with Crippen molar-refractivity contribution < 1.29 is 9.50 Å². The summed E-state index contributed by atoms with van der Waals surface area (Å²) in [6.45, 7) is 2.19. The summed E-state index contributed by atoms with van der Waals surface area (Å²) < 4.78 is 13.3. The molecular formula is C14H14FNO. The zero-order chi connectivity index (χ0) is 12.3. The predicted molar refractivity (Wildman–Crippen MR) is 66.6 cm³/mol. The molecule has 0 radical (unpaired) electrons. The Balaban J connectivity index is 2.13. The lowest BCUT2D eigenvalue weighted by Gasteiger charge is -2.10. The van der Waals surface area contributed by atoms with E-state index in [1.165, 1.54) is 6.07 Å². The summed E-state index contributed by atoms with van der Waals surface area (Å²) in [5, 5.41) is 12.7. The molecular weight excluding hydrogens is 217 g/mol. The van der Waals surface area contributed by atoms with Gasteiger partial charge in [-0.2, -0.15) is 0 Å². The van der Waals surface area contributed by atoms with Crippen LogP contribution in [0.4, 0.5) is 10.1 Å². The molecule has 2 N–H and O–H groups in total. The average Bonchev–Trinajstić information content (AvgIpc) is 2.33. The number of para-hydroxylation sites is 1. The quantitative estimate of drug-likeness (QED) is 0.848. The molecule has 2 aromatic carbocycles. The SMILES string of the molecule is Cc1c(F)cccc1NCc1ccccc1O. The predicted octanol–water partition coefficient (Wildman–Crippen LogP) is 3.45. The molecule has 0 atom stereocenters. The number of rotatable bonds is 3. The van der Waals surface area contributed by atoms with Crippen LogP contribution in [0.25, 0.3) is 0 Å². The van der Waals surface area contributed by atoms with Crippen LogP contribution in [-0.2, 0) is 6.54 Å². The van der Waals surface area contributed by atoms with Gasteiger partial charge in [-0.25, -0.2) is 4.39 Å². The van der Waals surface area contributed by atoms with Crippen molar-refractivity contribution in [1.29, 1.82) is 0 Å². The largest absolute Gasteiger partial charge is 0.508 e. The van der Waals surface area contributed by atoms with Gasteiger partial charge in [-0.05, 0) is 25.1 Å². The van der Waals surface area contributed by atoms with Crippen LogP contribution in [0.15, 0.2) is 42.5 Å². The lowest BCUT2D eigenvalue weighted by Crippen LogP contribution is -2.02. The molecule has 0 amide bonds. The summed E-state index contributed by atoms with van der Waals surface area (Å²) in [6.07, 6.45) is 0. The Kier molecular flexibility index (Phi) is 3.28. The summed E-state index contributed by atoms with van der Waals surface area (Å²) in [5.41, 5.74) is 2.12. The summed E-state index contributed by atoms with van der Waals surface area (Å²) in [4.78, 5) is 0. The van der Waals surface area contributed by atoms with Gasteiger partial charge in [0.25, 0.3) is 0 Å². The Morgan fingerprint density at radius 3 is 2.65 bits per heavy atom. The third-order valence-corrected chi connectivity index (χ3v) is 2.73. The van der Waals surface area contributed by atoms with Gasteiger partial charge in [0.15, 0.2) is 0 Å². The molecule has 0 saturated carbocycles. The van der Waals surface area contributed by atoms with Gasteiger partial charge >= 0.3 is 0 Å². The lowest BCUT2D eigenvalue weighted by atomic mass is 10.1. The van der Waals surface area contributed by atoms with Crippen molar-refractivity contribution in [3.63, 3.8) is 0 Å². The van der Waals surface area contributed by atoms with E-state index in [2.05, 4.69) is 5.32 Å². The molecule has 0 heterocycles. The van der Waals surface area contributed by atoms with E-state index >= 15 is 0 Å². The van der Waals surface area contributed by atoms with Crippen molar-refractivity contribution >= 4 is 5.69 Å². The first-order chi connectivity index (χ1) is 8.18. The monoisotopic (exact) mass is 231 g/mol. The smallest absolute Gasteiger partial charge is 0.128 e. The zero-order valence-electron chi connectivity index (χ0n) is 9.57. The van der Waals surface area contributed by atoms with Gasteiger partial charge in [-0.1, -0.05) is 24.3 Å². The maximum atomic E-state index is 13.3. The topological polar surface area (TPSA) is 32.3 Å². The first kappa shape index (κ1) is 11.5. The molecule has 0 aromatic heterocycles. The molecule has 2 nitrogen and oxygen atoms in total. The Hall–Kier alpha value is -2.03. The standard InChI is InChI=1S/C14H14FNO/c1-10-12(15)6-4-7-13(10)16-9-11-5-2-3-8-14(11)17/h2-8,16-17H,9H2,1H3. The molecule has 2 rings (SSSR count). The van der Waals surface area contributed by atoms with E-state index < -0.39 is 0 Å². The van der Waals surface area contributed by atoms with Crippen molar-refractivity contribution in [2.75, 3.05) is 5.32 Å². The highest BCUT2D eigenvalue weighted by atomic mass is 19.1. The fraction of sp³-hybridized carbons (Fsp3) is 0.143. The van der Waals surface area contributed by atoms with Crippen molar-refractivity contribution in [2.45, 2.75) is 13.5 Å². The van der Waals surface area contributed by atoms with Crippen LogP contribution in [0.3, 0.4) is 0 Å². The van der Waals surface area contributed by atoms with Gasteiger partial charge in [-0.3, -0.25) is 0 Å². The Bertz CT molecular complexity index is 525. The van der Waals surface area contributed by atoms with Crippen LogP contribution in [0.5, 0.6) is 5.75 Å². The van der Waals surface area contributed by atoms with Gasteiger partial charge in [0.2, 0.25) is 0 Å². The van der Waals surface area contributed by atoms with Gasteiger partial charge in [-0.15, -0.1) is 0 Å². The molecule has 0 bridgehead atoms. The zero-order valence-corrected chi connectivity index (χ0v) is 9.57. The molecule has 0 spiro atoms. The highest BCUT2D eigenvalue weighted by Crippen LogP contribution is 2.21. The van der Waals surface area contributed by atoms with Crippen molar-refractivity contribution in [3.05, 3.63) is 59.4 Å². The number of phenols is 1. The molecule has 0 fully saturated rings. The van der Waals surface area contributed by atoms with Crippen LogP contribution in [-0.4, -0.2) is 5.11 Å². The van der Waals surface area contributed by atoms with Crippen molar-refractivity contribution in [2.24, 2.45) is 0 Å². The highest BCUT2D eigenvalue weighted by molar-refractivity contribution is 5.51. The van der Waals surface area contributed by atoms with Gasteiger partial charge in [0.1, 0.15) is 11.6 Å². The number of hydrogen-bond acceptors (Lipinski definition) is 2. The molecule has 0 aliphatic rings. The maximum absolute atomic E-state index is 13.3. The van der Waals surface area contributed by atoms with E-state index in [-0.39, 0.29) is 11.6 Å². The number of halogens is 1. The van der Waals surface area contributed by atoms with Gasteiger partial charge in [0, 0.05) is 23.4 Å². The van der Waals surface area contributed by atoms with Crippen molar-refractivity contribution in [3.8, 4) is 5.75 Å². The number of phenolic OH excluding ortho intramolecular Hbond substituents is 1. The normalized spacial score (nSPS) is 10.2. The first-order valence-electron chi connectivity index (χ1n) is 5.44. The minimum absolute atomic E-state index is 0.229. The number of nitrogens with one attached hydrogen (secondary N) is 1. The summed E-state index contributed by atoms with van der Waals surface area (Å²) >= 11 is 0. The average molecular weight is 231 g/mol. The summed E-state index contributed by atoms with van der Waals surface area (Å²) in [5.74, 6) is 0.0151. The minimum Gasteiger partial charge on any atom is -0.508 e. The second-order valence-electron chi connectivity index (χ2n) is 3.89. The molecule has 0 saturated heterocycles. The number of benzene rings is 2. The Morgan fingerprint density at radius 1 is 1.12 bits per heavy atom. The van der Waals surface area contributed by atoms with Crippen LogP contribution in [0.2, 0.25) is 0 Å². The van der Waals surface area contributed by atoms with E-state index in [1.54, 1.807) is 25.1 Å². The molecule has 88 valence electrons. The Labute approximate surface area is 99.7 Å². The first-order valence-corrected chi connectivity index (χ1v) is 5.44. The van der Waals surface area contributed by atoms with E-state index in [9.17, 15) is 9.50 Å². The minimum atomic E-state index is -0.229. The van der Waals surface area contributed by atoms with E-state index in [0.717, 1.165) is 11.3 Å². The lowest BCUT2D eigenvalue weighted by molar-refractivity contribution is 0.469. The fourth-order valence-electron chi connectivity index (χ4n) is 1.65. The fourth-order valence-corrected chi connectivity index (χ4v) is 1.65. The number of anilines is 1. The molecule has 0 unspecified atom stereocenters. The molecule has 3 heteroatoms. The third kappa shape index (κ3) is 2.56. The molecule has 0 aliphatic heterocycles. The molecule has 17 heavy (non-hydrogen) atoms. The van der Waals surface area contributed by atoms with Gasteiger partial charge in [0.05, 0.1) is 0 Å². The third-order valence-electron chi connectivity index (χ3n) is 2.73. The van der Waals surface area contributed by atoms with Crippen molar-refractivity contribution in [1.82, 2.24) is 0 Å². The second kappa shape index (κ2) is 4.87. The molecule has 2 aromatic rings. The highest BCUT2D eigenvalue weighted by Gasteiger charge is 2.04. The second-order valence-corrected chi connectivity index (χ2v) is 3.89. The van der Waals surface area contributed by atoms with E-state index in [0.29, 0.717) is 12.1 Å².